The smallest absolute Gasteiger partial charge is 0.411 e. The summed E-state index contributed by atoms with van der Waals surface area (Å²) in [6.07, 6.45) is 0.0168. The number of carbonyl (C=O) groups excluding carboxylic acids is 2. The number of nitrogens with zero attached hydrogens (tertiary/aromatic N) is 1. The number of hydrogen-bond donors (Lipinski definition) is 0. The molecule has 0 radical (unpaired) electrons. The average molecular weight is 583 g/mol. The number of amides is 1. The molecule has 0 N–H and O–H groups in total. The zero-order valence-electron chi connectivity index (χ0n) is 20.7. The Morgan fingerprint density at radius 2 is 1.73 bits per heavy atom. The van der Waals surface area contributed by atoms with Gasteiger partial charge < -0.3 is 14.2 Å². The molecule has 0 aliphatic carbocycles. The van der Waals surface area contributed by atoms with E-state index in [-0.39, 0.29) is 19.6 Å². The van der Waals surface area contributed by atoms with Crippen molar-refractivity contribution >= 4 is 39.8 Å². The quantitative estimate of drug-likeness (QED) is 0.220. The van der Waals surface area contributed by atoms with Gasteiger partial charge in [0.2, 0.25) is 0 Å². The first-order chi connectivity index (χ1) is 17.9. The maximum Gasteiger partial charge on any atom is 0.411 e. The van der Waals surface area contributed by atoms with Crippen LogP contribution in [0.4, 0.5) is 4.79 Å². The second kappa shape index (κ2) is 12.3. The third-order valence-electron chi connectivity index (χ3n) is 6.24. The van der Waals surface area contributed by atoms with Crippen LogP contribution in [0.3, 0.4) is 0 Å². The monoisotopic (exact) mass is 581 g/mol. The molecule has 3 aromatic rings. The van der Waals surface area contributed by atoms with E-state index in [4.69, 9.17) is 14.2 Å². The van der Waals surface area contributed by atoms with Crippen molar-refractivity contribution in [2.45, 2.75) is 29.9 Å². The van der Waals surface area contributed by atoms with E-state index in [0.717, 1.165) is 26.1 Å². The number of halogens is 1. The summed E-state index contributed by atoms with van der Waals surface area (Å²) >= 11 is 5.16. The molecule has 8 heteroatoms. The van der Waals surface area contributed by atoms with Gasteiger partial charge in [-0.1, -0.05) is 82.3 Å². The molecular formula is C29H28BrNO5S. The van der Waals surface area contributed by atoms with Gasteiger partial charge in [-0.05, 0) is 46.4 Å². The number of carbonyl (C=O) groups is 2. The predicted octanol–water partition coefficient (Wildman–Crippen LogP) is 6.63. The molecule has 0 aromatic heterocycles. The summed E-state index contributed by atoms with van der Waals surface area (Å²) in [6, 6.07) is 25.0. The largest absolute Gasteiger partial charge is 0.497 e. The van der Waals surface area contributed by atoms with Gasteiger partial charge in [0, 0.05) is 28.8 Å². The molecule has 6 nitrogen and oxygen atoms in total. The second-order valence-electron chi connectivity index (χ2n) is 8.67. The minimum absolute atomic E-state index is 0.109. The Morgan fingerprint density at radius 1 is 1.03 bits per heavy atom. The summed E-state index contributed by atoms with van der Waals surface area (Å²) in [5, 5.41) is 2.01. The molecule has 192 valence electrons. The molecule has 1 atom stereocenters. The van der Waals surface area contributed by atoms with Crippen LogP contribution < -0.4 is 4.74 Å². The van der Waals surface area contributed by atoms with Crippen LogP contribution in [0.15, 0.2) is 99.2 Å². The van der Waals surface area contributed by atoms with E-state index in [0.29, 0.717) is 12.2 Å². The molecule has 0 spiro atoms. The maximum atomic E-state index is 13.5. The molecule has 0 bridgehead atoms. The van der Waals surface area contributed by atoms with E-state index in [1.807, 2.05) is 84.3 Å². The molecule has 0 unspecified atom stereocenters. The number of likely N-dealkylation sites (tertiary alicyclic amines) is 1. The van der Waals surface area contributed by atoms with Gasteiger partial charge in [-0.2, -0.15) is 0 Å². The number of hydrogen-bond acceptors (Lipinski definition) is 6. The number of esters is 1. The molecule has 3 aromatic carbocycles. The average Bonchev–Trinajstić information content (AvgIpc) is 3.31. The third kappa shape index (κ3) is 6.37. The van der Waals surface area contributed by atoms with Gasteiger partial charge >= 0.3 is 12.1 Å². The molecule has 1 fully saturated rings. The number of benzene rings is 3. The van der Waals surface area contributed by atoms with Crippen LogP contribution in [0.25, 0.3) is 0 Å². The topological polar surface area (TPSA) is 65.1 Å². The standard InChI is InChI=1S/C29H28BrNO5S/c1-34-24-14-13-23(26(30)15-24)17-29(27(32)35-2)16-22(20-37-25-11-7-4-8-12-25)18-31(29)28(33)36-19-21-9-5-3-6-10-21/h3-15,20H,16-19H2,1-2H3/b22-20+/t29-/m0/s1. The molecule has 1 aliphatic rings. The Morgan fingerprint density at radius 3 is 2.38 bits per heavy atom. The van der Waals surface area contributed by atoms with E-state index in [9.17, 15) is 9.59 Å². The Labute approximate surface area is 229 Å². The van der Waals surface area contributed by atoms with Crippen molar-refractivity contribution in [1.82, 2.24) is 4.90 Å². The van der Waals surface area contributed by atoms with Crippen LogP contribution in [0, 0.1) is 0 Å². The van der Waals surface area contributed by atoms with Crippen LogP contribution in [0.1, 0.15) is 17.5 Å². The molecule has 0 saturated carbocycles. The van der Waals surface area contributed by atoms with Crippen LogP contribution in [0.2, 0.25) is 0 Å². The van der Waals surface area contributed by atoms with Gasteiger partial charge in [0.05, 0.1) is 14.2 Å². The normalized spacial score (nSPS) is 18.0. The third-order valence-corrected chi connectivity index (χ3v) is 7.97. The van der Waals surface area contributed by atoms with Gasteiger partial charge in [0.15, 0.2) is 5.54 Å². The Bertz CT molecular complexity index is 1270. The van der Waals surface area contributed by atoms with Gasteiger partial charge in [-0.25, -0.2) is 9.59 Å². The van der Waals surface area contributed by atoms with Crippen molar-refractivity contribution < 1.29 is 23.8 Å². The van der Waals surface area contributed by atoms with E-state index in [2.05, 4.69) is 15.9 Å². The highest BCUT2D eigenvalue weighted by Crippen LogP contribution is 2.41. The molecule has 1 amide bonds. The summed E-state index contributed by atoms with van der Waals surface area (Å²) in [7, 11) is 2.95. The Balaban J connectivity index is 1.67. The lowest BCUT2D eigenvalue weighted by Gasteiger charge is -2.35. The number of rotatable bonds is 8. The van der Waals surface area contributed by atoms with Crippen LogP contribution in [-0.4, -0.2) is 43.3 Å². The van der Waals surface area contributed by atoms with Crippen LogP contribution >= 0.6 is 27.7 Å². The Kier molecular flexibility index (Phi) is 8.95. The molecule has 1 heterocycles. The Hall–Kier alpha value is -3.23. The first-order valence-corrected chi connectivity index (χ1v) is 13.4. The molecular weight excluding hydrogens is 554 g/mol. The highest BCUT2D eigenvalue weighted by molar-refractivity contribution is 9.10. The number of methoxy groups -OCH3 is 2. The number of thioether (sulfide) groups is 1. The number of ether oxygens (including phenoxy) is 3. The fraction of sp³-hybridized carbons (Fsp3) is 0.241. The molecule has 37 heavy (non-hydrogen) atoms. The lowest BCUT2D eigenvalue weighted by atomic mass is 9.87. The van der Waals surface area contributed by atoms with Crippen molar-refractivity contribution in [1.29, 1.82) is 0 Å². The fourth-order valence-corrected chi connectivity index (χ4v) is 5.64. The molecule has 1 saturated heterocycles. The van der Waals surface area contributed by atoms with Crippen LogP contribution in [0.5, 0.6) is 5.75 Å². The molecule has 1 aliphatic heterocycles. The molecule has 4 rings (SSSR count). The van der Waals surface area contributed by atoms with Gasteiger partial charge in [0.25, 0.3) is 0 Å². The first-order valence-electron chi connectivity index (χ1n) is 11.7. The van der Waals surface area contributed by atoms with Gasteiger partial charge in [0.1, 0.15) is 12.4 Å². The van der Waals surface area contributed by atoms with Crippen molar-refractivity contribution in [3.63, 3.8) is 0 Å². The summed E-state index contributed by atoms with van der Waals surface area (Å²) in [4.78, 5) is 29.5. The zero-order chi connectivity index (χ0) is 26.3. The van der Waals surface area contributed by atoms with E-state index in [1.165, 1.54) is 12.0 Å². The van der Waals surface area contributed by atoms with Crippen molar-refractivity contribution in [3.05, 3.63) is 105 Å². The highest BCUT2D eigenvalue weighted by Gasteiger charge is 2.53. The van der Waals surface area contributed by atoms with Crippen molar-refractivity contribution in [2.24, 2.45) is 0 Å². The summed E-state index contributed by atoms with van der Waals surface area (Å²) < 4.78 is 17.1. The maximum absolute atomic E-state index is 13.5. The predicted molar refractivity (Wildman–Crippen MR) is 147 cm³/mol. The van der Waals surface area contributed by atoms with Gasteiger partial charge in [-0.15, -0.1) is 0 Å². The van der Waals surface area contributed by atoms with E-state index < -0.39 is 17.6 Å². The highest BCUT2D eigenvalue weighted by atomic mass is 79.9. The van der Waals surface area contributed by atoms with Crippen molar-refractivity contribution in [2.75, 3.05) is 20.8 Å². The minimum Gasteiger partial charge on any atom is -0.497 e. The van der Waals surface area contributed by atoms with Gasteiger partial charge in [-0.3, -0.25) is 4.90 Å². The van der Waals surface area contributed by atoms with E-state index >= 15 is 0 Å². The van der Waals surface area contributed by atoms with Crippen LogP contribution in [-0.2, 0) is 27.3 Å². The lowest BCUT2D eigenvalue weighted by molar-refractivity contribution is -0.152. The van der Waals surface area contributed by atoms with Crippen molar-refractivity contribution in [3.8, 4) is 5.75 Å². The fourth-order valence-electron chi connectivity index (χ4n) is 4.36. The summed E-state index contributed by atoms with van der Waals surface area (Å²) in [5.41, 5.74) is 1.40. The summed E-state index contributed by atoms with van der Waals surface area (Å²) in [6.45, 7) is 0.369. The SMILES string of the molecule is COC(=O)[C@@]1(Cc2ccc(OC)cc2Br)C/C(=C\Sc2ccccc2)CN1C(=O)OCc1ccccc1. The lowest BCUT2D eigenvalue weighted by Crippen LogP contribution is -2.55. The zero-order valence-corrected chi connectivity index (χ0v) is 23.1. The first kappa shape index (κ1) is 26.8. The minimum atomic E-state index is -1.26. The second-order valence-corrected chi connectivity index (χ2v) is 10.5. The summed E-state index contributed by atoms with van der Waals surface area (Å²) in [5.74, 6) is 0.202. The van der Waals surface area contributed by atoms with E-state index in [1.54, 1.807) is 18.9 Å².